The highest BCUT2D eigenvalue weighted by atomic mass is 32.2. The van der Waals surface area contributed by atoms with Crippen LogP contribution in [0.15, 0.2) is 150 Å². The molecule has 10 rings (SSSR count). The van der Waals surface area contributed by atoms with Crippen molar-refractivity contribution in [3.8, 4) is 23.2 Å². The number of urea groups is 1. The standard InChI is InChI=1S/C53H49FN8O8S/c1-59-45-29-41(18-20-43(45)62(53(59)65)44-21-22-48(69-33-37-13-7-3-8-14-37)57-51(44)70-34-38-15-9-4-10-16-38)60-25-23-35(24-26-60)30-55-52(64)56-40-17-19-42-39(27-40)28-46(68-32-36-11-5-2-6-12-36)50(49(42)54)61-31-47(63)58-71(61,66)67/h2-22,27-29,35H,23-26,30-34H2,1H3,(H,58,63)(H2,55,56,64). The van der Waals surface area contributed by atoms with Crippen LogP contribution in [0.5, 0.6) is 17.5 Å². The lowest BCUT2D eigenvalue weighted by atomic mass is 9.96. The molecule has 71 heavy (non-hydrogen) atoms. The molecule has 18 heteroatoms. The molecule has 3 N–H and O–H groups in total. The van der Waals surface area contributed by atoms with Crippen LogP contribution in [-0.4, -0.2) is 60.7 Å². The normalized spacial score (nSPS) is 14.6. The van der Waals surface area contributed by atoms with Gasteiger partial charge in [-0.05, 0) is 89.4 Å². The molecule has 362 valence electrons. The van der Waals surface area contributed by atoms with Gasteiger partial charge in [0.05, 0.1) is 11.0 Å². The molecule has 2 fully saturated rings. The lowest BCUT2D eigenvalue weighted by Crippen LogP contribution is -2.39. The molecule has 0 atom stereocenters. The van der Waals surface area contributed by atoms with Crippen molar-refractivity contribution in [2.45, 2.75) is 32.7 Å². The van der Waals surface area contributed by atoms with Crippen molar-refractivity contribution in [1.82, 2.24) is 24.2 Å². The van der Waals surface area contributed by atoms with Crippen molar-refractivity contribution in [3.05, 3.63) is 179 Å². The molecular formula is C53H49FN8O8S. The van der Waals surface area contributed by atoms with Crippen molar-refractivity contribution in [2.24, 2.45) is 13.0 Å². The van der Waals surface area contributed by atoms with Crippen molar-refractivity contribution in [3.63, 3.8) is 0 Å². The van der Waals surface area contributed by atoms with E-state index in [4.69, 9.17) is 19.2 Å². The van der Waals surface area contributed by atoms with Gasteiger partial charge < -0.3 is 29.7 Å². The number of pyridine rings is 1. The molecule has 2 aliphatic heterocycles. The Kier molecular flexibility index (Phi) is 13.0. The fourth-order valence-electron chi connectivity index (χ4n) is 8.92. The Morgan fingerprint density at radius 2 is 1.41 bits per heavy atom. The van der Waals surface area contributed by atoms with Gasteiger partial charge in [0, 0.05) is 49.5 Å². The third-order valence-electron chi connectivity index (χ3n) is 12.7. The highest BCUT2D eigenvalue weighted by Crippen LogP contribution is 2.40. The highest BCUT2D eigenvalue weighted by molar-refractivity contribution is 7.92. The maximum Gasteiger partial charge on any atom is 0.333 e. The topological polar surface area (TPSA) is 178 Å². The van der Waals surface area contributed by atoms with Gasteiger partial charge in [0.15, 0.2) is 5.82 Å². The van der Waals surface area contributed by atoms with Crippen molar-refractivity contribution >= 4 is 61.0 Å². The van der Waals surface area contributed by atoms with Crippen LogP contribution in [0.25, 0.3) is 27.5 Å². The molecule has 3 amide bonds. The summed E-state index contributed by atoms with van der Waals surface area (Å²) in [7, 11) is -2.60. The SMILES string of the molecule is Cn1c(=O)n(-c2ccc(OCc3ccccc3)nc2OCc2ccccc2)c2ccc(N3CCC(CNC(=O)Nc4ccc5c(F)c(N6CC(=O)NS6(=O)=O)c(OCc6ccccc6)cc5c4)CC3)cc21. The Labute approximate surface area is 408 Å². The molecule has 2 aliphatic rings. The van der Waals surface area contributed by atoms with Crippen LogP contribution in [0.3, 0.4) is 0 Å². The molecule has 0 unspecified atom stereocenters. The summed E-state index contributed by atoms with van der Waals surface area (Å²) in [6.07, 6.45) is 1.61. The maximum absolute atomic E-state index is 16.3. The molecule has 0 aliphatic carbocycles. The third kappa shape index (κ3) is 10.1. The number of anilines is 3. The van der Waals surface area contributed by atoms with Gasteiger partial charge in [0.25, 0.3) is 5.91 Å². The number of halogens is 1. The van der Waals surface area contributed by atoms with E-state index in [1.807, 2.05) is 114 Å². The van der Waals surface area contributed by atoms with Crippen molar-refractivity contribution < 1.29 is 36.6 Å². The number of fused-ring (bicyclic) bond motifs is 2. The second kappa shape index (κ2) is 19.9. The molecule has 0 saturated carbocycles. The van der Waals surface area contributed by atoms with Gasteiger partial charge in [0.1, 0.15) is 43.5 Å². The number of carbonyl (C=O) groups is 2. The predicted molar refractivity (Wildman–Crippen MR) is 269 cm³/mol. The number of nitrogens with zero attached hydrogens (tertiary/aromatic N) is 5. The van der Waals surface area contributed by atoms with Crippen LogP contribution in [0, 0.1) is 11.7 Å². The summed E-state index contributed by atoms with van der Waals surface area (Å²) in [5.74, 6) is -0.939. The molecule has 6 aromatic carbocycles. The van der Waals surface area contributed by atoms with Crippen LogP contribution in [0.2, 0.25) is 0 Å². The summed E-state index contributed by atoms with van der Waals surface area (Å²) >= 11 is 0. The minimum absolute atomic E-state index is 0.00572. The summed E-state index contributed by atoms with van der Waals surface area (Å²) in [4.78, 5) is 46.4. The number of imidazole rings is 1. The number of aryl methyl sites for hydroxylation is 1. The molecule has 16 nitrogen and oxygen atoms in total. The zero-order valence-electron chi connectivity index (χ0n) is 38.6. The Morgan fingerprint density at radius 1 is 0.761 bits per heavy atom. The Morgan fingerprint density at radius 3 is 2.06 bits per heavy atom. The number of carbonyl (C=O) groups excluding carboxylic acids is 2. The largest absolute Gasteiger partial charge is 0.487 e. The zero-order chi connectivity index (χ0) is 49.1. The monoisotopic (exact) mass is 976 g/mol. The number of hydrogen-bond donors (Lipinski definition) is 3. The van der Waals surface area contributed by atoms with Gasteiger partial charge in [-0.25, -0.2) is 23.0 Å². The average Bonchev–Trinajstić information content (AvgIpc) is 3.81. The van der Waals surface area contributed by atoms with Crippen LogP contribution in [0.4, 0.5) is 26.2 Å². The predicted octanol–water partition coefficient (Wildman–Crippen LogP) is 7.97. The van der Waals surface area contributed by atoms with Crippen LogP contribution >= 0.6 is 0 Å². The van der Waals surface area contributed by atoms with Gasteiger partial charge in [-0.2, -0.15) is 13.4 Å². The minimum atomic E-state index is -4.35. The lowest BCUT2D eigenvalue weighted by molar-refractivity contribution is -0.117. The summed E-state index contributed by atoms with van der Waals surface area (Å²) in [6.45, 7) is 1.85. The lowest BCUT2D eigenvalue weighted by Gasteiger charge is -2.33. The highest BCUT2D eigenvalue weighted by Gasteiger charge is 2.38. The van der Waals surface area contributed by atoms with E-state index in [1.165, 1.54) is 18.2 Å². The summed E-state index contributed by atoms with van der Waals surface area (Å²) in [5.41, 5.74) is 5.35. The first-order chi connectivity index (χ1) is 34.5. The fourth-order valence-corrected chi connectivity index (χ4v) is 10.1. The zero-order valence-corrected chi connectivity index (χ0v) is 39.4. The number of rotatable bonds is 15. The van der Waals surface area contributed by atoms with Gasteiger partial charge >= 0.3 is 21.9 Å². The van der Waals surface area contributed by atoms with E-state index in [9.17, 15) is 22.8 Å². The molecule has 4 heterocycles. The second-order valence-electron chi connectivity index (χ2n) is 17.4. The van der Waals surface area contributed by atoms with Crippen molar-refractivity contribution in [2.75, 3.05) is 40.7 Å². The summed E-state index contributed by atoms with van der Waals surface area (Å²) in [6, 6.07) is 43.8. The quantitative estimate of drug-likeness (QED) is 0.0913. The number of ether oxygens (including phenoxy) is 3. The Hall–Kier alpha value is -8.38. The summed E-state index contributed by atoms with van der Waals surface area (Å²) in [5, 5.41) is 6.23. The van der Waals surface area contributed by atoms with Gasteiger partial charge in [0.2, 0.25) is 11.8 Å². The van der Waals surface area contributed by atoms with E-state index in [2.05, 4.69) is 15.5 Å². The molecular weight excluding hydrogens is 928 g/mol. The second-order valence-corrected chi connectivity index (χ2v) is 19.0. The third-order valence-corrected chi connectivity index (χ3v) is 14.0. The van der Waals surface area contributed by atoms with Crippen LogP contribution in [-0.2, 0) is 41.9 Å². The Balaban J connectivity index is 0.795. The van der Waals surface area contributed by atoms with E-state index < -0.39 is 34.5 Å². The number of benzene rings is 6. The molecule has 0 bridgehead atoms. The van der Waals surface area contributed by atoms with E-state index >= 15 is 4.39 Å². The van der Waals surface area contributed by atoms with E-state index in [0.717, 1.165) is 53.8 Å². The number of hydrogen-bond acceptors (Lipinski definition) is 10. The molecule has 0 spiro atoms. The van der Waals surface area contributed by atoms with Gasteiger partial charge in [-0.1, -0.05) is 91.0 Å². The molecule has 8 aromatic rings. The number of piperidine rings is 1. The number of amides is 3. The molecule has 2 aromatic heterocycles. The maximum atomic E-state index is 16.3. The summed E-state index contributed by atoms with van der Waals surface area (Å²) < 4.78 is 66.1. The van der Waals surface area contributed by atoms with Gasteiger partial charge in [-0.15, -0.1) is 0 Å². The van der Waals surface area contributed by atoms with E-state index in [1.54, 1.807) is 34.4 Å². The van der Waals surface area contributed by atoms with E-state index in [-0.39, 0.29) is 47.5 Å². The van der Waals surface area contributed by atoms with E-state index in [0.29, 0.717) is 45.6 Å². The van der Waals surface area contributed by atoms with Crippen molar-refractivity contribution in [1.29, 1.82) is 0 Å². The average molecular weight is 977 g/mol. The molecule has 0 radical (unpaired) electrons. The number of aromatic nitrogens is 3. The smallest absolute Gasteiger partial charge is 0.333 e. The van der Waals surface area contributed by atoms with Crippen LogP contribution in [0.1, 0.15) is 29.5 Å². The first-order valence-corrected chi connectivity index (χ1v) is 24.5. The molecule has 2 saturated heterocycles. The first kappa shape index (κ1) is 46.4. The minimum Gasteiger partial charge on any atom is -0.487 e. The van der Waals surface area contributed by atoms with Crippen LogP contribution < -0.4 is 44.5 Å². The fraction of sp³-hybridized carbons (Fsp3) is 0.208. The van der Waals surface area contributed by atoms with Gasteiger partial charge in [-0.3, -0.25) is 13.9 Å². The Bertz CT molecular complexity index is 3440. The first-order valence-electron chi connectivity index (χ1n) is 23.1. The number of nitrogens with one attached hydrogen (secondary N) is 3.